The molecule has 2 amide bonds. The number of hydrogen-bond acceptors (Lipinski definition) is 6. The summed E-state index contributed by atoms with van der Waals surface area (Å²) in [5.74, 6) is 1.41. The second-order valence-corrected chi connectivity index (χ2v) is 6.85. The van der Waals surface area contributed by atoms with E-state index in [2.05, 4.69) is 15.2 Å². The lowest BCUT2D eigenvalue weighted by molar-refractivity contribution is -0.123. The Morgan fingerprint density at radius 3 is 2.44 bits per heavy atom. The number of rotatable bonds is 4. The normalized spacial score (nSPS) is 26.4. The van der Waals surface area contributed by atoms with Crippen LogP contribution in [-0.4, -0.2) is 60.7 Å². The van der Waals surface area contributed by atoms with Crippen LogP contribution in [0, 0.1) is 11.8 Å². The smallest absolute Gasteiger partial charge is 0.290 e. The predicted octanol–water partition coefficient (Wildman–Crippen LogP) is 0.247. The molecular formula is C18H26N4O5. The number of nitrogens with one attached hydrogen (secondary N) is 1. The number of nitrogens with zero attached hydrogens (tertiary/aromatic N) is 2. The molecule has 1 aromatic rings. The van der Waals surface area contributed by atoms with Gasteiger partial charge in [0, 0.05) is 33.3 Å². The van der Waals surface area contributed by atoms with Crippen molar-refractivity contribution >= 4 is 24.1 Å². The van der Waals surface area contributed by atoms with Gasteiger partial charge in [0.1, 0.15) is 5.82 Å². The summed E-state index contributed by atoms with van der Waals surface area (Å²) in [5, 5.41) is 9.91. The van der Waals surface area contributed by atoms with E-state index >= 15 is 0 Å². The number of methoxy groups -OCH3 is 1. The van der Waals surface area contributed by atoms with Gasteiger partial charge in [0.05, 0.1) is 17.7 Å². The maximum absolute atomic E-state index is 11.4. The van der Waals surface area contributed by atoms with Crippen molar-refractivity contribution in [3.8, 4) is 0 Å². The first-order valence-corrected chi connectivity index (χ1v) is 8.78. The summed E-state index contributed by atoms with van der Waals surface area (Å²) in [7, 11) is 1.70. The Balaban J connectivity index is 0.000000817. The van der Waals surface area contributed by atoms with Crippen molar-refractivity contribution in [3.05, 3.63) is 23.9 Å². The molecule has 2 heterocycles. The Hall–Kier alpha value is -2.68. The molecule has 1 aliphatic heterocycles. The number of carbonyl (C=O) groups excluding carboxylic acids is 2. The van der Waals surface area contributed by atoms with Crippen LogP contribution in [0.2, 0.25) is 0 Å². The molecule has 27 heavy (non-hydrogen) atoms. The number of ether oxygens (including phenoxy) is 1. The number of amides is 2. The Labute approximate surface area is 157 Å². The van der Waals surface area contributed by atoms with E-state index < -0.39 is 5.91 Å². The Morgan fingerprint density at radius 2 is 1.96 bits per heavy atom. The molecule has 0 spiro atoms. The highest BCUT2D eigenvalue weighted by atomic mass is 16.5. The van der Waals surface area contributed by atoms with E-state index in [9.17, 15) is 9.59 Å². The zero-order valence-corrected chi connectivity index (χ0v) is 15.5. The monoisotopic (exact) mass is 378 g/mol. The predicted molar refractivity (Wildman–Crippen MR) is 98.3 cm³/mol. The maximum Gasteiger partial charge on any atom is 0.290 e. The van der Waals surface area contributed by atoms with E-state index in [1.165, 1.54) is 6.20 Å². The summed E-state index contributed by atoms with van der Waals surface area (Å²) in [6.45, 7) is 3.12. The van der Waals surface area contributed by atoms with E-state index in [0.29, 0.717) is 17.4 Å². The van der Waals surface area contributed by atoms with Gasteiger partial charge in [0.25, 0.3) is 6.47 Å². The first kappa shape index (κ1) is 20.6. The van der Waals surface area contributed by atoms with Crippen LogP contribution in [0.4, 0.5) is 5.82 Å². The summed E-state index contributed by atoms with van der Waals surface area (Å²) < 4.78 is 5.60. The van der Waals surface area contributed by atoms with Gasteiger partial charge in [0.2, 0.25) is 11.8 Å². The molecule has 9 heteroatoms. The molecule has 9 nitrogen and oxygen atoms in total. The Bertz CT molecular complexity index is 666. The Morgan fingerprint density at radius 1 is 1.33 bits per heavy atom. The molecule has 2 aliphatic rings. The van der Waals surface area contributed by atoms with Crippen LogP contribution in [0.5, 0.6) is 0 Å². The molecule has 1 aliphatic carbocycles. The minimum Gasteiger partial charge on any atom is -0.483 e. The van der Waals surface area contributed by atoms with Crippen LogP contribution < -0.4 is 16.0 Å². The number of anilines is 1. The fourth-order valence-electron chi connectivity index (χ4n) is 3.99. The minimum atomic E-state index is -0.467. The Kier molecular flexibility index (Phi) is 7.12. The molecule has 0 unspecified atom stereocenters. The molecule has 1 saturated carbocycles. The number of carbonyl (C=O) groups is 3. The van der Waals surface area contributed by atoms with Gasteiger partial charge < -0.3 is 25.8 Å². The molecule has 2 fully saturated rings. The van der Waals surface area contributed by atoms with E-state index in [4.69, 9.17) is 20.4 Å². The molecule has 0 bridgehead atoms. The summed E-state index contributed by atoms with van der Waals surface area (Å²) in [6, 6.07) is 3.63. The number of aromatic nitrogens is 1. The summed E-state index contributed by atoms with van der Waals surface area (Å²) in [4.78, 5) is 37.5. The number of carboxylic acid groups (broad SMARTS) is 1. The molecule has 1 aromatic heterocycles. The first-order chi connectivity index (χ1) is 12.9. The van der Waals surface area contributed by atoms with Gasteiger partial charge in [-0.15, -0.1) is 0 Å². The number of primary amides is 1. The highest BCUT2D eigenvalue weighted by Gasteiger charge is 2.43. The van der Waals surface area contributed by atoms with Crippen molar-refractivity contribution in [3.63, 3.8) is 0 Å². The van der Waals surface area contributed by atoms with Crippen molar-refractivity contribution in [1.29, 1.82) is 0 Å². The summed E-state index contributed by atoms with van der Waals surface area (Å²) in [6.07, 6.45) is 3.43. The lowest BCUT2D eigenvalue weighted by Gasteiger charge is -2.37. The lowest BCUT2D eigenvalue weighted by Crippen LogP contribution is -2.49. The third-order valence-corrected chi connectivity index (χ3v) is 5.16. The molecule has 148 valence electrons. The zero-order chi connectivity index (χ0) is 20.0. The van der Waals surface area contributed by atoms with Gasteiger partial charge in [-0.3, -0.25) is 14.4 Å². The van der Waals surface area contributed by atoms with Gasteiger partial charge in [-0.25, -0.2) is 4.98 Å². The van der Waals surface area contributed by atoms with Gasteiger partial charge in [-0.05, 0) is 36.8 Å². The van der Waals surface area contributed by atoms with Gasteiger partial charge >= 0.3 is 0 Å². The molecule has 0 aromatic carbocycles. The number of fused-ring (bicyclic) bond motifs is 1. The third-order valence-electron chi connectivity index (χ3n) is 5.16. The quantitative estimate of drug-likeness (QED) is 0.639. The average Bonchev–Trinajstić information content (AvgIpc) is 3.04. The largest absolute Gasteiger partial charge is 0.483 e. The highest BCUT2D eigenvalue weighted by Crippen LogP contribution is 2.38. The molecule has 4 atom stereocenters. The van der Waals surface area contributed by atoms with Gasteiger partial charge in [-0.2, -0.15) is 0 Å². The van der Waals surface area contributed by atoms with Crippen LogP contribution in [0.15, 0.2) is 18.3 Å². The molecular weight excluding hydrogens is 352 g/mol. The van der Waals surface area contributed by atoms with E-state index in [0.717, 1.165) is 31.7 Å². The number of hydrogen-bond donors (Lipinski definition) is 3. The van der Waals surface area contributed by atoms with Crippen LogP contribution >= 0.6 is 0 Å². The molecule has 3 rings (SSSR count). The van der Waals surface area contributed by atoms with Crippen molar-refractivity contribution in [2.45, 2.75) is 31.9 Å². The van der Waals surface area contributed by atoms with Crippen LogP contribution in [0.25, 0.3) is 0 Å². The first-order valence-electron chi connectivity index (χ1n) is 8.78. The number of nitrogens with two attached hydrogens (primary N) is 1. The lowest BCUT2D eigenvalue weighted by atomic mass is 9.77. The van der Waals surface area contributed by atoms with Crippen LogP contribution in [0.3, 0.4) is 0 Å². The maximum atomic E-state index is 11.4. The standard InChI is InChI=1S/C17H24N4O3.CH2O2/c1-10(22)20-14-5-12-8-21(9-13(12)6-15(14)24-2)16-4-3-11(7-19-16)17(18)23;2-1-3/h3-4,7,12-15H,5-6,8-9H2,1-2H3,(H2,18,23)(H,20,22);1H,(H,2,3)/t12-,13+,14-,15-;/m1./s1. The SMILES string of the molecule is CO[C@@H]1C[C@H]2CN(c3ccc(C(N)=O)cn3)C[C@H]2C[C@H]1NC(C)=O.O=CO. The van der Waals surface area contributed by atoms with Crippen molar-refractivity contribution in [1.82, 2.24) is 10.3 Å². The van der Waals surface area contributed by atoms with E-state index in [1.54, 1.807) is 20.1 Å². The third kappa shape index (κ3) is 5.16. The van der Waals surface area contributed by atoms with Crippen LogP contribution in [0.1, 0.15) is 30.1 Å². The van der Waals surface area contributed by atoms with Gasteiger partial charge in [-0.1, -0.05) is 0 Å². The van der Waals surface area contributed by atoms with Crippen molar-refractivity contribution in [2.75, 3.05) is 25.1 Å². The zero-order valence-electron chi connectivity index (χ0n) is 15.5. The second-order valence-electron chi connectivity index (χ2n) is 6.85. The highest BCUT2D eigenvalue weighted by molar-refractivity contribution is 5.92. The summed E-state index contributed by atoms with van der Waals surface area (Å²) >= 11 is 0. The van der Waals surface area contributed by atoms with Crippen molar-refractivity contribution < 1.29 is 24.2 Å². The molecule has 1 saturated heterocycles. The molecule has 0 radical (unpaired) electrons. The number of pyridine rings is 1. The molecule has 4 N–H and O–H groups in total. The van der Waals surface area contributed by atoms with E-state index in [-0.39, 0.29) is 24.5 Å². The van der Waals surface area contributed by atoms with Crippen LogP contribution in [-0.2, 0) is 14.3 Å². The van der Waals surface area contributed by atoms with Gasteiger partial charge in [0.15, 0.2) is 0 Å². The van der Waals surface area contributed by atoms with Crippen molar-refractivity contribution in [2.24, 2.45) is 17.6 Å². The fourth-order valence-corrected chi connectivity index (χ4v) is 3.99. The average molecular weight is 378 g/mol. The minimum absolute atomic E-state index is 0.0148. The topological polar surface area (TPSA) is 135 Å². The fraction of sp³-hybridized carbons (Fsp3) is 0.556. The van der Waals surface area contributed by atoms with E-state index in [1.807, 2.05) is 6.07 Å². The second kappa shape index (κ2) is 9.31. The summed E-state index contributed by atoms with van der Waals surface area (Å²) in [5.41, 5.74) is 5.67.